The molecule has 0 fully saturated rings. The van der Waals surface area contributed by atoms with Crippen LogP contribution < -0.4 is 15.4 Å². The second-order valence-electron chi connectivity index (χ2n) is 10.3. The van der Waals surface area contributed by atoms with Gasteiger partial charge < -0.3 is 20.5 Å². The van der Waals surface area contributed by atoms with Crippen molar-refractivity contribution in [1.82, 2.24) is 0 Å². The Balaban J connectivity index is 1.60. The van der Waals surface area contributed by atoms with Gasteiger partial charge in [0.1, 0.15) is 17.5 Å². The Morgan fingerprint density at radius 1 is 1.00 bits per heavy atom. The van der Waals surface area contributed by atoms with Gasteiger partial charge in [0.2, 0.25) is 5.91 Å². The van der Waals surface area contributed by atoms with Gasteiger partial charge in [-0.05, 0) is 73.9 Å². The lowest BCUT2D eigenvalue weighted by molar-refractivity contribution is -0.137. The van der Waals surface area contributed by atoms with Crippen LogP contribution in [-0.4, -0.2) is 28.6 Å². The Morgan fingerprint density at radius 3 is 2.23 bits per heavy atom. The first kappa shape index (κ1) is 28.6. The first-order valence-electron chi connectivity index (χ1n) is 12.6. The number of aliphatic hydroxyl groups excluding tert-OH is 1. The van der Waals surface area contributed by atoms with Crippen molar-refractivity contribution >= 4 is 28.8 Å². The number of amides is 2. The molecule has 1 heterocycles. The Hall–Kier alpha value is -4.37. The molecule has 0 saturated carbocycles. The number of benzene rings is 3. The second-order valence-corrected chi connectivity index (χ2v) is 10.3. The maximum absolute atomic E-state index is 13.1. The Bertz CT molecular complexity index is 1450. The third-order valence-electron chi connectivity index (χ3n) is 6.01. The van der Waals surface area contributed by atoms with Crippen molar-refractivity contribution in [2.45, 2.75) is 45.1 Å². The average molecular weight is 551 g/mol. The highest BCUT2D eigenvalue weighted by Gasteiger charge is 2.30. The van der Waals surface area contributed by atoms with Crippen LogP contribution in [0.4, 0.5) is 24.5 Å². The first-order chi connectivity index (χ1) is 18.8. The molecule has 6 nitrogen and oxygen atoms in total. The van der Waals surface area contributed by atoms with Gasteiger partial charge in [-0.2, -0.15) is 13.2 Å². The molecule has 3 aromatic rings. The van der Waals surface area contributed by atoms with Crippen LogP contribution in [-0.2, 0) is 22.2 Å². The van der Waals surface area contributed by atoms with Crippen molar-refractivity contribution in [3.63, 3.8) is 0 Å². The summed E-state index contributed by atoms with van der Waals surface area (Å²) < 4.78 is 45.2. The summed E-state index contributed by atoms with van der Waals surface area (Å²) in [5.74, 6) is -0.322. The topological polar surface area (TPSA) is 87.7 Å². The fourth-order valence-electron chi connectivity index (χ4n) is 4.20. The lowest BCUT2D eigenvalue weighted by Gasteiger charge is -2.23. The molecule has 0 radical (unpaired) electrons. The number of alkyl halides is 3. The molecule has 1 aliphatic heterocycles. The van der Waals surface area contributed by atoms with Gasteiger partial charge in [0.05, 0.1) is 5.56 Å². The number of hydrogen-bond donors (Lipinski definition) is 3. The number of hydrogen-bond acceptors (Lipinski definition) is 4. The van der Waals surface area contributed by atoms with Crippen molar-refractivity contribution in [3.05, 3.63) is 107 Å². The van der Waals surface area contributed by atoms with E-state index in [0.29, 0.717) is 39.4 Å². The average Bonchev–Trinajstić information content (AvgIpc) is 2.87. The van der Waals surface area contributed by atoms with Gasteiger partial charge in [0, 0.05) is 29.4 Å². The van der Waals surface area contributed by atoms with E-state index in [1.165, 1.54) is 24.3 Å². The third-order valence-corrected chi connectivity index (χ3v) is 6.01. The largest absolute Gasteiger partial charge is 0.488 e. The molecule has 0 spiro atoms. The number of nitrogens with one attached hydrogen (secondary N) is 2. The summed E-state index contributed by atoms with van der Waals surface area (Å²) in [6, 6.07) is 17.0. The molecule has 1 aliphatic rings. The van der Waals surface area contributed by atoms with Crippen LogP contribution in [0, 0.1) is 0 Å². The zero-order valence-corrected chi connectivity index (χ0v) is 22.2. The van der Waals surface area contributed by atoms with E-state index in [0.717, 1.165) is 12.1 Å². The monoisotopic (exact) mass is 550 g/mol. The summed E-state index contributed by atoms with van der Waals surface area (Å²) in [5.41, 5.74) is 2.26. The third kappa shape index (κ3) is 7.18. The van der Waals surface area contributed by atoms with Crippen LogP contribution in [0.3, 0.4) is 0 Å². The molecule has 1 unspecified atom stereocenters. The van der Waals surface area contributed by atoms with E-state index in [2.05, 4.69) is 10.6 Å². The molecule has 2 amide bonds. The Kier molecular flexibility index (Phi) is 8.16. The SMILES string of the molecule is CC(C)(C)Oc1ccc(/C(=C\C=C\C(=O)Nc2cccc3c2CC(O)C(=O)N3)c2ccc(C(F)(F)F)cc2)cc1. The predicted octanol–water partition coefficient (Wildman–Crippen LogP) is 6.36. The number of carbonyl (C=O) groups is 2. The van der Waals surface area contributed by atoms with Gasteiger partial charge >= 0.3 is 6.18 Å². The van der Waals surface area contributed by atoms with E-state index < -0.39 is 35.3 Å². The molecule has 0 saturated heterocycles. The van der Waals surface area contributed by atoms with Crippen LogP contribution in [0.15, 0.2) is 85.0 Å². The molecule has 3 N–H and O–H groups in total. The number of carbonyl (C=O) groups excluding carboxylic acids is 2. The number of allylic oxidation sites excluding steroid dienone is 2. The summed E-state index contributed by atoms with van der Waals surface area (Å²) in [4.78, 5) is 24.5. The number of rotatable bonds is 6. The Morgan fingerprint density at radius 2 is 1.62 bits per heavy atom. The summed E-state index contributed by atoms with van der Waals surface area (Å²) >= 11 is 0. The summed E-state index contributed by atoms with van der Waals surface area (Å²) in [6.07, 6.45) is -1.16. The van der Waals surface area contributed by atoms with Gasteiger partial charge in [-0.3, -0.25) is 9.59 Å². The van der Waals surface area contributed by atoms with Crippen molar-refractivity contribution in [2.24, 2.45) is 0 Å². The maximum atomic E-state index is 13.1. The molecule has 3 aromatic carbocycles. The Labute approximate surface area is 230 Å². The lowest BCUT2D eigenvalue weighted by atomic mass is 9.96. The number of fused-ring (bicyclic) bond motifs is 1. The summed E-state index contributed by atoms with van der Waals surface area (Å²) in [6.45, 7) is 5.77. The molecule has 40 heavy (non-hydrogen) atoms. The van der Waals surface area contributed by atoms with Gasteiger partial charge in [-0.15, -0.1) is 0 Å². The van der Waals surface area contributed by atoms with Gasteiger partial charge in [-0.25, -0.2) is 0 Å². The van der Waals surface area contributed by atoms with Gasteiger partial charge in [0.25, 0.3) is 5.91 Å². The van der Waals surface area contributed by atoms with Crippen LogP contribution in [0.1, 0.15) is 43.0 Å². The minimum absolute atomic E-state index is 0.0637. The molecule has 4 rings (SSSR count). The van der Waals surface area contributed by atoms with E-state index in [-0.39, 0.29) is 6.42 Å². The molecule has 0 aliphatic carbocycles. The highest BCUT2D eigenvalue weighted by Crippen LogP contribution is 2.33. The number of anilines is 2. The van der Waals surface area contributed by atoms with Crippen LogP contribution in [0.2, 0.25) is 0 Å². The van der Waals surface area contributed by atoms with Crippen LogP contribution >= 0.6 is 0 Å². The quantitative estimate of drug-likeness (QED) is 0.246. The summed E-state index contributed by atoms with van der Waals surface area (Å²) in [5, 5.41) is 15.3. The highest BCUT2D eigenvalue weighted by atomic mass is 19.4. The molecule has 0 bridgehead atoms. The molecule has 208 valence electrons. The number of aliphatic hydroxyl groups is 1. The zero-order valence-electron chi connectivity index (χ0n) is 22.2. The smallest absolute Gasteiger partial charge is 0.416 e. The zero-order chi connectivity index (χ0) is 29.1. The van der Waals surface area contributed by atoms with E-state index in [4.69, 9.17) is 4.74 Å². The fraction of sp³-hybridized carbons (Fsp3) is 0.226. The number of ether oxygens (including phenoxy) is 1. The lowest BCUT2D eigenvalue weighted by Crippen LogP contribution is -2.34. The van der Waals surface area contributed by atoms with Crippen LogP contribution in [0.25, 0.3) is 5.57 Å². The van der Waals surface area contributed by atoms with E-state index in [1.54, 1.807) is 48.5 Å². The van der Waals surface area contributed by atoms with Gasteiger partial charge in [0.15, 0.2) is 0 Å². The molecular weight excluding hydrogens is 521 g/mol. The minimum atomic E-state index is -4.46. The molecular formula is C31H29F3N2O4. The maximum Gasteiger partial charge on any atom is 0.416 e. The second kappa shape index (κ2) is 11.4. The predicted molar refractivity (Wildman–Crippen MR) is 148 cm³/mol. The van der Waals surface area contributed by atoms with Crippen LogP contribution in [0.5, 0.6) is 5.75 Å². The summed E-state index contributed by atoms with van der Waals surface area (Å²) in [7, 11) is 0. The number of halogens is 3. The molecule has 9 heteroatoms. The molecule has 1 atom stereocenters. The standard InChI is InChI=1S/C31H29F3N2O4/c1-30(2,3)40-22-16-12-20(13-17-22)23(19-10-14-21(15-11-19)31(32,33)34)6-4-9-28(38)35-25-7-5-8-26-24(25)18-27(37)29(39)36-26/h4-17,27,37H,18H2,1-3H3,(H,35,38)(H,36,39)/b9-4+,23-6-. The first-order valence-corrected chi connectivity index (χ1v) is 12.6. The van der Waals surface area contributed by atoms with E-state index in [9.17, 15) is 27.9 Å². The van der Waals surface area contributed by atoms with Crippen molar-refractivity contribution in [1.29, 1.82) is 0 Å². The normalized spacial score (nSPS) is 15.9. The van der Waals surface area contributed by atoms with Gasteiger partial charge in [-0.1, -0.05) is 42.5 Å². The van der Waals surface area contributed by atoms with E-state index in [1.807, 2.05) is 20.8 Å². The van der Waals surface area contributed by atoms with E-state index >= 15 is 0 Å². The minimum Gasteiger partial charge on any atom is -0.488 e. The fourth-order valence-corrected chi connectivity index (χ4v) is 4.20. The highest BCUT2D eigenvalue weighted by molar-refractivity contribution is 6.03. The molecule has 0 aromatic heterocycles. The van der Waals surface area contributed by atoms with Crippen molar-refractivity contribution < 1.29 is 32.6 Å². The van der Waals surface area contributed by atoms with Crippen molar-refractivity contribution in [3.8, 4) is 5.75 Å². The van der Waals surface area contributed by atoms with Crippen molar-refractivity contribution in [2.75, 3.05) is 10.6 Å².